The molecule has 1 aromatic rings. The molecule has 110 valence electrons. The van der Waals surface area contributed by atoms with Crippen LogP contribution in [-0.2, 0) is 4.74 Å². The van der Waals surface area contributed by atoms with Crippen LogP contribution >= 0.6 is 0 Å². The lowest BCUT2D eigenvalue weighted by molar-refractivity contribution is -0.0144. The van der Waals surface area contributed by atoms with Crippen LogP contribution in [0.2, 0.25) is 0 Å². The predicted molar refractivity (Wildman–Crippen MR) is 71.0 cm³/mol. The standard InChI is InChI=1S/C14H19FN2O3/c1-14(2,3)20-13(18)17-8-6-10(17)9-19-11-5-4-7-16-12(11)15/h4-5,7,10H,6,8-9H2,1-3H3/t10-/m0/s1/i15-1. The van der Waals surface area contributed by atoms with Gasteiger partial charge in [0.15, 0.2) is 5.75 Å². The topological polar surface area (TPSA) is 51.7 Å². The SMILES string of the molecule is CC(C)(C)OC(=O)N1CC[C@H]1COc1cccnc1[18F]. The van der Waals surface area contributed by atoms with E-state index in [2.05, 4.69) is 4.98 Å². The van der Waals surface area contributed by atoms with Gasteiger partial charge in [0.05, 0.1) is 6.04 Å². The number of rotatable bonds is 3. The highest BCUT2D eigenvalue weighted by Crippen LogP contribution is 2.23. The van der Waals surface area contributed by atoms with Crippen LogP contribution in [0.4, 0.5) is 9.18 Å². The summed E-state index contributed by atoms with van der Waals surface area (Å²) in [5.41, 5.74) is -0.520. The van der Waals surface area contributed by atoms with E-state index in [-0.39, 0.29) is 24.5 Å². The monoisotopic (exact) mass is 281 g/mol. The maximum Gasteiger partial charge on any atom is 0.410 e. The molecule has 0 N–H and O–H groups in total. The lowest BCUT2D eigenvalue weighted by Crippen LogP contribution is -2.55. The second kappa shape index (κ2) is 5.64. The summed E-state index contributed by atoms with van der Waals surface area (Å²) in [6.45, 7) is 6.34. The molecule has 1 saturated heterocycles. The molecule has 6 heteroatoms. The maximum absolute atomic E-state index is 13.3. The van der Waals surface area contributed by atoms with Gasteiger partial charge in [0.1, 0.15) is 12.2 Å². The fraction of sp³-hybridized carbons (Fsp3) is 0.571. The molecule has 0 spiro atoms. The summed E-state index contributed by atoms with van der Waals surface area (Å²) in [5.74, 6) is -0.542. The smallest absolute Gasteiger partial charge is 0.410 e. The first-order valence-electron chi connectivity index (χ1n) is 6.60. The fourth-order valence-electron chi connectivity index (χ4n) is 1.84. The molecule has 0 unspecified atom stereocenters. The summed E-state index contributed by atoms with van der Waals surface area (Å²) >= 11 is 0. The van der Waals surface area contributed by atoms with E-state index in [0.717, 1.165) is 6.42 Å². The number of carbonyl (C=O) groups is 1. The van der Waals surface area contributed by atoms with Crippen LogP contribution in [0.3, 0.4) is 0 Å². The van der Waals surface area contributed by atoms with E-state index in [1.54, 1.807) is 11.0 Å². The first-order chi connectivity index (χ1) is 9.37. The number of carbonyl (C=O) groups excluding carboxylic acids is 1. The number of pyridine rings is 1. The highest BCUT2D eigenvalue weighted by atomic mass is 18.2. The number of likely N-dealkylation sites (tertiary alicyclic amines) is 1. The lowest BCUT2D eigenvalue weighted by atomic mass is 10.1. The van der Waals surface area contributed by atoms with Crippen LogP contribution in [0, 0.1) is 5.95 Å². The zero-order valence-corrected chi connectivity index (χ0v) is 11.9. The Morgan fingerprint density at radius 2 is 2.30 bits per heavy atom. The van der Waals surface area contributed by atoms with Gasteiger partial charge in [0.25, 0.3) is 5.95 Å². The van der Waals surface area contributed by atoms with Gasteiger partial charge in [-0.25, -0.2) is 9.78 Å². The molecular formula is C14H19FN2O3. The third kappa shape index (κ3) is 3.59. The number of ether oxygens (including phenoxy) is 2. The Bertz CT molecular complexity index is 488. The number of aromatic nitrogens is 1. The van der Waals surface area contributed by atoms with Crippen LogP contribution in [0.25, 0.3) is 0 Å². The largest absolute Gasteiger partial charge is 0.487 e. The summed E-state index contributed by atoms with van der Waals surface area (Å²) in [6.07, 6.45) is 1.82. The summed E-state index contributed by atoms with van der Waals surface area (Å²) in [7, 11) is 0. The number of amides is 1. The van der Waals surface area contributed by atoms with Gasteiger partial charge in [-0.3, -0.25) is 0 Å². The average molecular weight is 281 g/mol. The Morgan fingerprint density at radius 1 is 1.55 bits per heavy atom. The quantitative estimate of drug-likeness (QED) is 0.799. The molecule has 0 bridgehead atoms. The molecule has 5 nitrogen and oxygen atoms in total. The van der Waals surface area contributed by atoms with Crippen molar-refractivity contribution in [3.05, 3.63) is 24.3 Å². The zero-order valence-electron chi connectivity index (χ0n) is 11.9. The molecule has 1 atom stereocenters. The average Bonchev–Trinajstić information content (AvgIpc) is 2.27. The number of hydrogen-bond donors (Lipinski definition) is 0. The fourth-order valence-corrected chi connectivity index (χ4v) is 1.84. The van der Waals surface area contributed by atoms with Gasteiger partial charge in [-0.05, 0) is 39.3 Å². The van der Waals surface area contributed by atoms with Crippen molar-refractivity contribution < 1.29 is 18.7 Å². The Kier molecular flexibility index (Phi) is 4.11. The molecule has 0 aliphatic carbocycles. The summed E-state index contributed by atoms with van der Waals surface area (Å²) in [6, 6.07) is 3.04. The second-order valence-corrected chi connectivity index (χ2v) is 5.72. The molecule has 1 aliphatic heterocycles. The van der Waals surface area contributed by atoms with E-state index in [4.69, 9.17) is 9.47 Å². The molecule has 2 rings (SSSR count). The summed E-state index contributed by atoms with van der Waals surface area (Å²) in [5, 5.41) is 0. The second-order valence-electron chi connectivity index (χ2n) is 5.72. The molecule has 0 aromatic carbocycles. The van der Waals surface area contributed by atoms with Crippen LogP contribution < -0.4 is 4.74 Å². The van der Waals surface area contributed by atoms with E-state index in [1.165, 1.54) is 12.3 Å². The van der Waals surface area contributed by atoms with Crippen molar-refractivity contribution in [2.45, 2.75) is 38.8 Å². The van der Waals surface area contributed by atoms with E-state index in [0.29, 0.717) is 6.54 Å². The zero-order chi connectivity index (χ0) is 14.8. The molecule has 1 aromatic heterocycles. The van der Waals surface area contributed by atoms with Crippen LogP contribution in [0.1, 0.15) is 27.2 Å². The Morgan fingerprint density at radius 3 is 2.85 bits per heavy atom. The highest BCUT2D eigenvalue weighted by Gasteiger charge is 2.35. The van der Waals surface area contributed by atoms with Crippen molar-refractivity contribution in [3.63, 3.8) is 0 Å². The molecule has 1 fully saturated rings. The van der Waals surface area contributed by atoms with E-state index >= 15 is 0 Å². The molecule has 20 heavy (non-hydrogen) atoms. The minimum atomic E-state index is -0.643. The minimum absolute atomic E-state index is 0.0792. The van der Waals surface area contributed by atoms with Crippen molar-refractivity contribution in [2.75, 3.05) is 13.2 Å². The van der Waals surface area contributed by atoms with Gasteiger partial charge < -0.3 is 14.4 Å². The van der Waals surface area contributed by atoms with Gasteiger partial charge in [0.2, 0.25) is 0 Å². The van der Waals surface area contributed by atoms with Gasteiger partial charge in [-0.1, -0.05) is 0 Å². The molecular weight excluding hydrogens is 262 g/mol. The van der Waals surface area contributed by atoms with Crippen molar-refractivity contribution in [1.82, 2.24) is 9.88 Å². The molecule has 1 aliphatic rings. The Hall–Kier alpha value is -1.85. The van der Waals surface area contributed by atoms with E-state index in [1.807, 2.05) is 20.8 Å². The van der Waals surface area contributed by atoms with Crippen molar-refractivity contribution in [1.29, 1.82) is 0 Å². The molecule has 0 radical (unpaired) electrons. The molecule has 0 saturated carbocycles. The number of halogens is 1. The van der Waals surface area contributed by atoms with Crippen LogP contribution in [0.5, 0.6) is 5.75 Å². The third-order valence-electron chi connectivity index (χ3n) is 2.93. The Labute approximate surface area is 117 Å². The molecule has 2 heterocycles. The molecule has 1 amide bonds. The summed E-state index contributed by atoms with van der Waals surface area (Å²) in [4.78, 5) is 17.0. The normalized spacial score (nSPS) is 18.4. The summed E-state index contributed by atoms with van der Waals surface area (Å²) < 4.78 is 24.0. The van der Waals surface area contributed by atoms with Gasteiger partial charge in [-0.2, -0.15) is 4.39 Å². The van der Waals surface area contributed by atoms with Crippen LogP contribution in [0.15, 0.2) is 18.3 Å². The highest BCUT2D eigenvalue weighted by molar-refractivity contribution is 5.69. The van der Waals surface area contributed by atoms with Crippen LogP contribution in [-0.4, -0.2) is 40.8 Å². The van der Waals surface area contributed by atoms with Crippen molar-refractivity contribution in [2.24, 2.45) is 0 Å². The number of hydrogen-bond acceptors (Lipinski definition) is 4. The van der Waals surface area contributed by atoms with Crippen molar-refractivity contribution in [3.8, 4) is 5.75 Å². The third-order valence-corrected chi connectivity index (χ3v) is 2.93. The van der Waals surface area contributed by atoms with Crippen molar-refractivity contribution >= 4 is 6.09 Å². The number of nitrogens with zero attached hydrogens (tertiary/aromatic N) is 2. The minimum Gasteiger partial charge on any atom is -0.487 e. The maximum atomic E-state index is 13.3. The van der Waals surface area contributed by atoms with Gasteiger partial charge in [-0.15, -0.1) is 0 Å². The predicted octanol–water partition coefficient (Wildman–Crippen LogP) is 2.61. The van der Waals surface area contributed by atoms with Gasteiger partial charge >= 0.3 is 6.09 Å². The van der Waals surface area contributed by atoms with Gasteiger partial charge in [0, 0.05) is 12.7 Å². The van der Waals surface area contributed by atoms with E-state index < -0.39 is 11.5 Å². The van der Waals surface area contributed by atoms with E-state index in [9.17, 15) is 9.18 Å². The Balaban J connectivity index is 1.86. The first kappa shape index (κ1) is 14.6. The lowest BCUT2D eigenvalue weighted by Gasteiger charge is -2.40. The first-order valence-corrected chi connectivity index (χ1v) is 6.60.